The van der Waals surface area contributed by atoms with Gasteiger partial charge in [-0.3, -0.25) is 4.79 Å². The molecule has 1 amide bonds. The first kappa shape index (κ1) is 23.2. The Kier molecular flexibility index (Phi) is 7.34. The summed E-state index contributed by atoms with van der Waals surface area (Å²) in [7, 11) is 1.63. The van der Waals surface area contributed by atoms with Gasteiger partial charge >= 0.3 is 5.92 Å². The maximum Gasteiger partial charge on any atom is 0.302 e. The average Bonchev–Trinajstić information content (AvgIpc) is 3.08. The van der Waals surface area contributed by atoms with E-state index in [0.29, 0.717) is 23.5 Å². The number of hydrogen-bond acceptors (Lipinski definition) is 5. The van der Waals surface area contributed by atoms with Crippen molar-refractivity contribution in [3.8, 4) is 5.88 Å². The lowest BCUT2D eigenvalue weighted by Crippen LogP contribution is -2.27. The topological polar surface area (TPSA) is 67.3 Å². The number of carbonyl (C=O) groups excluding carboxylic acids is 1. The summed E-state index contributed by atoms with van der Waals surface area (Å²) in [4.78, 5) is 21.0. The molecular formula is C22H25F2IN4O2. The van der Waals surface area contributed by atoms with Crippen molar-refractivity contribution in [2.24, 2.45) is 0 Å². The second-order valence-corrected chi connectivity index (χ2v) is 10.1. The van der Waals surface area contributed by atoms with E-state index in [4.69, 9.17) is 4.74 Å². The number of rotatable bonds is 7. The maximum atomic E-state index is 13.7. The van der Waals surface area contributed by atoms with E-state index in [-0.39, 0.29) is 17.4 Å². The van der Waals surface area contributed by atoms with Crippen LogP contribution in [0, 0.1) is 6.92 Å². The molecule has 0 saturated carbocycles. The van der Waals surface area contributed by atoms with Gasteiger partial charge in [0.05, 0.1) is 24.1 Å². The maximum absolute atomic E-state index is 13.7. The molecule has 0 radical (unpaired) electrons. The first-order chi connectivity index (χ1) is 14.7. The van der Waals surface area contributed by atoms with E-state index in [9.17, 15) is 13.6 Å². The Balaban J connectivity index is 1.75. The lowest BCUT2D eigenvalue weighted by Gasteiger charge is -2.17. The molecule has 9 heteroatoms. The molecule has 1 aromatic rings. The Hall–Kier alpha value is -2.43. The molecule has 3 rings (SSSR count). The van der Waals surface area contributed by atoms with E-state index in [0.717, 1.165) is 18.4 Å². The second kappa shape index (κ2) is 9.80. The van der Waals surface area contributed by atoms with Gasteiger partial charge in [-0.25, -0.2) is 9.97 Å². The summed E-state index contributed by atoms with van der Waals surface area (Å²) < 4.78 is 35.9. The van der Waals surface area contributed by atoms with Crippen LogP contribution in [0.1, 0.15) is 31.2 Å². The molecule has 0 bridgehead atoms. The molecule has 166 valence electrons. The van der Waals surface area contributed by atoms with Crippen molar-refractivity contribution in [2.75, 3.05) is 13.7 Å². The summed E-state index contributed by atoms with van der Waals surface area (Å²) in [6, 6.07) is 0. The van der Waals surface area contributed by atoms with Crippen LogP contribution in [-0.2, 0) is 11.3 Å². The molecule has 0 fully saturated rings. The summed E-state index contributed by atoms with van der Waals surface area (Å²) >= 11 is -0.505. The number of aromatic nitrogens is 2. The van der Waals surface area contributed by atoms with Crippen LogP contribution >= 0.6 is 21.0 Å². The summed E-state index contributed by atoms with van der Waals surface area (Å²) in [5, 5.41) is 2.72. The zero-order valence-corrected chi connectivity index (χ0v) is 19.9. The monoisotopic (exact) mass is 542 g/mol. The molecule has 0 unspecified atom stereocenters. The lowest BCUT2D eigenvalue weighted by atomic mass is 9.98. The van der Waals surface area contributed by atoms with Crippen molar-refractivity contribution in [1.82, 2.24) is 18.4 Å². The van der Waals surface area contributed by atoms with Crippen LogP contribution in [0.25, 0.3) is 0 Å². The van der Waals surface area contributed by atoms with E-state index in [1.54, 1.807) is 20.2 Å². The van der Waals surface area contributed by atoms with Crippen LogP contribution in [0.4, 0.5) is 8.78 Å². The van der Waals surface area contributed by atoms with E-state index in [1.165, 1.54) is 10.4 Å². The fourth-order valence-electron chi connectivity index (χ4n) is 2.92. The van der Waals surface area contributed by atoms with Gasteiger partial charge in [0.25, 0.3) is 5.91 Å². The van der Waals surface area contributed by atoms with Crippen LogP contribution in [0.5, 0.6) is 5.88 Å². The van der Waals surface area contributed by atoms with E-state index < -0.39 is 33.5 Å². The molecule has 0 aromatic carbocycles. The van der Waals surface area contributed by atoms with Gasteiger partial charge in [-0.2, -0.15) is 8.78 Å². The fraction of sp³-hybridized carbons (Fsp3) is 0.364. The number of aryl methyl sites for hydroxylation is 1. The van der Waals surface area contributed by atoms with Gasteiger partial charge in [0, 0.05) is 48.9 Å². The number of allylic oxidation sites excluding steroid dienone is 3. The largest absolute Gasteiger partial charge is 0.470 e. The van der Waals surface area contributed by atoms with Crippen molar-refractivity contribution >= 4 is 30.4 Å². The zero-order chi connectivity index (χ0) is 22.6. The Morgan fingerprint density at radius 3 is 2.87 bits per heavy atom. The van der Waals surface area contributed by atoms with Crippen molar-refractivity contribution in [1.29, 1.82) is 0 Å². The highest BCUT2D eigenvalue weighted by atomic mass is 127. The number of alkyl halides is 2. The molecular weight excluding hydrogens is 517 g/mol. The van der Waals surface area contributed by atoms with Crippen LogP contribution in [0.3, 0.4) is 0 Å². The summed E-state index contributed by atoms with van der Waals surface area (Å²) in [6.07, 6.45) is 11.5. The van der Waals surface area contributed by atoms with Crippen LogP contribution in [-0.4, -0.2) is 42.1 Å². The van der Waals surface area contributed by atoms with E-state index in [2.05, 4.69) is 37.1 Å². The van der Waals surface area contributed by atoms with Crippen molar-refractivity contribution in [3.63, 3.8) is 0 Å². The SMILES string of the molecule is C=C(C)C(F)(F)COc1ncc(CN2C=C3C(C(=O)NC)=CCCC=CC3=I2)nc1C. The predicted molar refractivity (Wildman–Crippen MR) is 125 cm³/mol. The number of hydrogen-bond donors (Lipinski definition) is 1. The summed E-state index contributed by atoms with van der Waals surface area (Å²) in [5.41, 5.74) is 2.55. The molecule has 1 N–H and O–H groups in total. The molecule has 0 atom stereocenters. The Labute approximate surface area is 190 Å². The fourth-order valence-corrected chi connectivity index (χ4v) is 5.63. The number of nitrogens with zero attached hydrogens (tertiary/aromatic N) is 3. The predicted octanol–water partition coefficient (Wildman–Crippen LogP) is 4.16. The smallest absolute Gasteiger partial charge is 0.302 e. The standard InChI is InChI=1S/C22H25F2IN4O2/c1-14(2)22(23,24)13-31-21-15(3)28-16(10-27-21)11-29-12-18-17(20(30)26-4)8-6-5-7-9-19(18)25-29/h7-10,12H,1,5-6,11,13H2,2-4H3,(H,26,30). The quantitative estimate of drug-likeness (QED) is 0.319. The molecule has 0 saturated heterocycles. The van der Waals surface area contributed by atoms with Gasteiger partial charge in [0.2, 0.25) is 5.88 Å². The van der Waals surface area contributed by atoms with Crippen LogP contribution in [0.2, 0.25) is 0 Å². The van der Waals surface area contributed by atoms with Crippen molar-refractivity contribution in [3.05, 3.63) is 65.3 Å². The first-order valence-electron chi connectivity index (χ1n) is 9.80. The number of halogens is 3. The number of amides is 1. The van der Waals surface area contributed by atoms with Gasteiger partial charge in [0.1, 0.15) is 0 Å². The number of carbonyl (C=O) groups is 1. The highest BCUT2D eigenvalue weighted by molar-refractivity contribution is 14.2. The number of nitrogens with one attached hydrogen (secondary N) is 1. The van der Waals surface area contributed by atoms with Crippen molar-refractivity contribution in [2.45, 2.75) is 39.2 Å². The number of likely N-dealkylation sites (N-methyl/N-ethyl adjacent to an activating group) is 1. The molecule has 1 aliphatic heterocycles. The molecule has 0 spiro atoms. The Morgan fingerprint density at radius 2 is 2.19 bits per heavy atom. The van der Waals surface area contributed by atoms with Crippen molar-refractivity contribution < 1.29 is 18.3 Å². The number of ether oxygens (including phenoxy) is 1. The zero-order valence-electron chi connectivity index (χ0n) is 17.7. The highest BCUT2D eigenvalue weighted by Crippen LogP contribution is 2.33. The van der Waals surface area contributed by atoms with E-state index in [1.807, 2.05) is 12.3 Å². The molecule has 1 aromatic heterocycles. The van der Waals surface area contributed by atoms with Gasteiger partial charge in [-0.05, 0) is 32.3 Å². The molecule has 31 heavy (non-hydrogen) atoms. The Bertz CT molecular complexity index is 1010. The van der Waals surface area contributed by atoms with Gasteiger partial charge in [-0.15, -0.1) is 0 Å². The van der Waals surface area contributed by atoms with Crippen LogP contribution in [0.15, 0.2) is 53.9 Å². The normalized spacial score (nSPS) is 16.2. The summed E-state index contributed by atoms with van der Waals surface area (Å²) in [5.74, 6) is -3.12. The van der Waals surface area contributed by atoms with E-state index >= 15 is 0 Å². The second-order valence-electron chi connectivity index (χ2n) is 7.24. The molecule has 2 heterocycles. The summed E-state index contributed by atoms with van der Waals surface area (Å²) in [6.45, 7) is 5.93. The minimum absolute atomic E-state index is 0.0861. The average molecular weight is 542 g/mol. The first-order valence-corrected chi connectivity index (χ1v) is 11.8. The Morgan fingerprint density at radius 1 is 1.42 bits per heavy atom. The molecule has 2 aliphatic rings. The van der Waals surface area contributed by atoms with Crippen LogP contribution < -0.4 is 10.1 Å². The van der Waals surface area contributed by atoms with Gasteiger partial charge in [0.15, 0.2) is 6.61 Å². The van der Waals surface area contributed by atoms with Gasteiger partial charge in [-0.1, -0.05) is 24.8 Å². The lowest BCUT2D eigenvalue weighted by molar-refractivity contribution is -0.116. The third kappa shape index (κ3) is 5.63. The number of fused-ring (bicyclic) bond motifs is 1. The third-order valence-electron chi connectivity index (χ3n) is 4.71. The highest BCUT2D eigenvalue weighted by Gasteiger charge is 2.31. The molecule has 1 aliphatic carbocycles. The minimum Gasteiger partial charge on any atom is -0.470 e. The molecule has 6 nitrogen and oxygen atoms in total. The minimum atomic E-state index is -3.12. The van der Waals surface area contributed by atoms with Gasteiger partial charge < -0.3 is 13.2 Å². The third-order valence-corrected chi connectivity index (χ3v) is 7.41.